The number of aromatic nitrogens is 3. The van der Waals surface area contributed by atoms with Gasteiger partial charge in [0.1, 0.15) is 10.7 Å². The van der Waals surface area contributed by atoms with Gasteiger partial charge >= 0.3 is 0 Å². The Morgan fingerprint density at radius 1 is 1.21 bits per heavy atom. The highest BCUT2D eigenvalue weighted by atomic mass is 32.1. The van der Waals surface area contributed by atoms with Crippen LogP contribution in [0.4, 0.5) is 5.82 Å². The Hall–Kier alpha value is -2.08. The highest BCUT2D eigenvalue weighted by Crippen LogP contribution is 2.13. The van der Waals surface area contributed by atoms with Crippen molar-refractivity contribution in [2.24, 2.45) is 5.73 Å². The fraction of sp³-hybridized carbons (Fsp3) is 0.231. The van der Waals surface area contributed by atoms with Crippen molar-refractivity contribution in [2.75, 3.05) is 18.5 Å². The summed E-state index contributed by atoms with van der Waals surface area (Å²) in [5.74, 6) is 0.700. The molecule has 0 radical (unpaired) electrons. The number of nitrogens with zero attached hydrogens (tertiary/aromatic N) is 4. The van der Waals surface area contributed by atoms with E-state index in [1.165, 1.54) is 0 Å². The van der Waals surface area contributed by atoms with Crippen molar-refractivity contribution >= 4 is 23.0 Å². The summed E-state index contributed by atoms with van der Waals surface area (Å²) in [6, 6.07) is 5.88. The van der Waals surface area contributed by atoms with E-state index in [0.717, 1.165) is 18.7 Å². The molecule has 2 rings (SSSR count). The first-order valence-electron chi connectivity index (χ1n) is 5.90. The minimum Gasteiger partial charge on any atom is -0.388 e. The van der Waals surface area contributed by atoms with Gasteiger partial charge in [0.05, 0.1) is 0 Å². The summed E-state index contributed by atoms with van der Waals surface area (Å²) in [4.78, 5) is 15.0. The minimum atomic E-state index is 0.257. The molecule has 5 nitrogen and oxygen atoms in total. The third kappa shape index (κ3) is 3.45. The van der Waals surface area contributed by atoms with Crippen LogP contribution in [-0.4, -0.2) is 33.5 Å². The Kier molecular flexibility index (Phi) is 4.35. The Morgan fingerprint density at radius 3 is 2.68 bits per heavy atom. The van der Waals surface area contributed by atoms with Crippen LogP contribution in [0, 0.1) is 0 Å². The molecule has 2 heterocycles. The summed E-state index contributed by atoms with van der Waals surface area (Å²) < 4.78 is 0. The molecule has 6 heteroatoms. The van der Waals surface area contributed by atoms with Gasteiger partial charge in [-0.3, -0.25) is 4.98 Å². The van der Waals surface area contributed by atoms with Crippen LogP contribution in [-0.2, 0) is 6.42 Å². The summed E-state index contributed by atoms with van der Waals surface area (Å²) in [6.07, 6.45) is 5.84. The van der Waals surface area contributed by atoms with Crippen molar-refractivity contribution in [1.29, 1.82) is 0 Å². The minimum absolute atomic E-state index is 0.257. The maximum Gasteiger partial charge on any atom is 0.157 e. The van der Waals surface area contributed by atoms with Crippen LogP contribution in [0.15, 0.2) is 36.8 Å². The lowest BCUT2D eigenvalue weighted by Crippen LogP contribution is -2.26. The molecule has 2 N–H and O–H groups in total. The molecule has 0 amide bonds. The van der Waals surface area contributed by atoms with Crippen molar-refractivity contribution in [1.82, 2.24) is 15.0 Å². The quantitative estimate of drug-likeness (QED) is 0.825. The van der Waals surface area contributed by atoms with Gasteiger partial charge in [0.15, 0.2) is 5.82 Å². The molecule has 98 valence electrons. The SMILES string of the molecule is CN(CCc1ccccn1)c1nccnc1C(N)=S. The highest BCUT2D eigenvalue weighted by molar-refractivity contribution is 7.80. The maximum atomic E-state index is 5.65. The molecular formula is C13H15N5S. The van der Waals surface area contributed by atoms with E-state index < -0.39 is 0 Å². The van der Waals surface area contributed by atoms with Gasteiger partial charge in [-0.2, -0.15) is 0 Å². The molecule has 2 aromatic heterocycles. The van der Waals surface area contributed by atoms with E-state index in [0.29, 0.717) is 11.5 Å². The molecule has 0 fully saturated rings. The summed E-state index contributed by atoms with van der Waals surface area (Å²) >= 11 is 4.98. The summed E-state index contributed by atoms with van der Waals surface area (Å²) in [7, 11) is 1.94. The van der Waals surface area contributed by atoms with Crippen molar-refractivity contribution in [3.63, 3.8) is 0 Å². The molecule has 0 aliphatic heterocycles. The van der Waals surface area contributed by atoms with Crippen molar-refractivity contribution < 1.29 is 0 Å². The van der Waals surface area contributed by atoms with Gasteiger partial charge < -0.3 is 10.6 Å². The number of pyridine rings is 1. The topological polar surface area (TPSA) is 67.9 Å². The van der Waals surface area contributed by atoms with Crippen LogP contribution < -0.4 is 10.6 Å². The predicted octanol–water partition coefficient (Wildman–Crippen LogP) is 1.18. The Morgan fingerprint density at radius 2 is 2.00 bits per heavy atom. The van der Waals surface area contributed by atoms with E-state index >= 15 is 0 Å². The third-order valence-electron chi connectivity index (χ3n) is 2.70. The lowest BCUT2D eigenvalue weighted by Gasteiger charge is -2.19. The molecule has 0 aromatic carbocycles. The number of hydrogen-bond donors (Lipinski definition) is 1. The van der Waals surface area contributed by atoms with Gasteiger partial charge in [-0.1, -0.05) is 18.3 Å². The summed E-state index contributed by atoms with van der Waals surface area (Å²) in [5, 5.41) is 0. The van der Waals surface area contributed by atoms with Crippen LogP contribution in [0.2, 0.25) is 0 Å². The van der Waals surface area contributed by atoms with Gasteiger partial charge in [-0.15, -0.1) is 0 Å². The number of nitrogens with two attached hydrogens (primary N) is 1. The second kappa shape index (κ2) is 6.19. The van der Waals surface area contributed by atoms with E-state index in [1.54, 1.807) is 18.6 Å². The predicted molar refractivity (Wildman–Crippen MR) is 79.1 cm³/mol. The number of rotatable bonds is 5. The molecule has 0 saturated carbocycles. The Bertz CT molecular complexity index is 558. The molecule has 19 heavy (non-hydrogen) atoms. The van der Waals surface area contributed by atoms with Crippen molar-refractivity contribution in [3.8, 4) is 0 Å². The van der Waals surface area contributed by atoms with Crippen molar-refractivity contribution in [3.05, 3.63) is 48.2 Å². The number of hydrogen-bond acceptors (Lipinski definition) is 5. The zero-order chi connectivity index (χ0) is 13.7. The number of thiocarbonyl (C=S) groups is 1. The molecule has 0 aliphatic carbocycles. The van der Waals surface area contributed by atoms with Crippen LogP contribution in [0.5, 0.6) is 0 Å². The van der Waals surface area contributed by atoms with E-state index in [2.05, 4.69) is 15.0 Å². The fourth-order valence-electron chi connectivity index (χ4n) is 1.72. The van der Waals surface area contributed by atoms with E-state index in [-0.39, 0.29) is 4.99 Å². The Labute approximate surface area is 117 Å². The second-order valence-electron chi connectivity index (χ2n) is 4.09. The van der Waals surface area contributed by atoms with E-state index in [1.807, 2.05) is 30.1 Å². The number of anilines is 1. The van der Waals surface area contributed by atoms with E-state index in [9.17, 15) is 0 Å². The van der Waals surface area contributed by atoms with Gasteiger partial charge in [0.25, 0.3) is 0 Å². The first-order valence-corrected chi connectivity index (χ1v) is 6.31. The van der Waals surface area contributed by atoms with Crippen LogP contribution in [0.3, 0.4) is 0 Å². The smallest absolute Gasteiger partial charge is 0.157 e. The normalized spacial score (nSPS) is 10.2. The largest absolute Gasteiger partial charge is 0.388 e. The molecule has 0 saturated heterocycles. The lowest BCUT2D eigenvalue weighted by atomic mass is 10.2. The first kappa shape index (κ1) is 13.4. The van der Waals surface area contributed by atoms with Crippen LogP contribution in [0.25, 0.3) is 0 Å². The molecule has 0 unspecified atom stereocenters. The lowest BCUT2D eigenvalue weighted by molar-refractivity contribution is 0.833. The standard InChI is InChI=1S/C13H15N5S/c1-18(9-5-10-4-2-3-6-15-10)13-11(12(14)19)16-7-8-17-13/h2-4,6-8H,5,9H2,1H3,(H2,14,19). The number of likely N-dealkylation sites (N-methyl/N-ethyl adjacent to an activating group) is 1. The maximum absolute atomic E-state index is 5.65. The van der Waals surface area contributed by atoms with Gasteiger partial charge in [-0.25, -0.2) is 9.97 Å². The summed E-state index contributed by atoms with van der Waals surface area (Å²) in [5.41, 5.74) is 7.24. The summed E-state index contributed by atoms with van der Waals surface area (Å²) in [6.45, 7) is 0.769. The van der Waals surface area contributed by atoms with Gasteiger partial charge in [-0.05, 0) is 12.1 Å². The van der Waals surface area contributed by atoms with Crippen LogP contribution >= 0.6 is 12.2 Å². The van der Waals surface area contributed by atoms with Gasteiger partial charge in [0.2, 0.25) is 0 Å². The van der Waals surface area contributed by atoms with E-state index in [4.69, 9.17) is 18.0 Å². The third-order valence-corrected chi connectivity index (χ3v) is 2.90. The first-order chi connectivity index (χ1) is 9.18. The average molecular weight is 273 g/mol. The zero-order valence-corrected chi connectivity index (χ0v) is 11.5. The fourth-order valence-corrected chi connectivity index (χ4v) is 1.86. The van der Waals surface area contributed by atoms with Gasteiger partial charge in [0, 0.05) is 44.3 Å². The second-order valence-corrected chi connectivity index (χ2v) is 4.53. The highest BCUT2D eigenvalue weighted by Gasteiger charge is 2.12. The van der Waals surface area contributed by atoms with Crippen LogP contribution in [0.1, 0.15) is 11.4 Å². The monoisotopic (exact) mass is 273 g/mol. The Balaban J connectivity index is 2.08. The molecule has 2 aromatic rings. The zero-order valence-electron chi connectivity index (χ0n) is 10.7. The molecule has 0 bridgehead atoms. The molecule has 0 spiro atoms. The van der Waals surface area contributed by atoms with Crippen molar-refractivity contribution in [2.45, 2.75) is 6.42 Å². The molecule has 0 aliphatic rings. The molecular weight excluding hydrogens is 258 g/mol. The average Bonchev–Trinajstić information content (AvgIpc) is 2.46. The molecule has 0 atom stereocenters.